The summed E-state index contributed by atoms with van der Waals surface area (Å²) in [7, 11) is 0. The molecule has 0 aliphatic carbocycles. The second-order valence-corrected chi connectivity index (χ2v) is 11.5. The summed E-state index contributed by atoms with van der Waals surface area (Å²) in [6.07, 6.45) is -2.82. The van der Waals surface area contributed by atoms with Gasteiger partial charge in [0, 0.05) is 23.6 Å². The summed E-state index contributed by atoms with van der Waals surface area (Å²) < 4.78 is 31.7. The predicted molar refractivity (Wildman–Crippen MR) is 172 cm³/mol. The lowest BCUT2D eigenvalue weighted by Gasteiger charge is -2.31. The summed E-state index contributed by atoms with van der Waals surface area (Å²) in [6, 6.07) is 33.9. The highest BCUT2D eigenvalue weighted by atomic mass is 19.4. The average molecular weight is 624 g/mol. The van der Waals surface area contributed by atoms with Crippen molar-refractivity contribution in [2.75, 3.05) is 13.1 Å². The van der Waals surface area contributed by atoms with Crippen molar-refractivity contribution < 1.29 is 23.1 Å². The minimum absolute atomic E-state index is 0.502. The van der Waals surface area contributed by atoms with E-state index in [1.807, 2.05) is 6.07 Å². The van der Waals surface area contributed by atoms with E-state index >= 15 is 0 Å². The van der Waals surface area contributed by atoms with Crippen molar-refractivity contribution in [3.63, 3.8) is 0 Å². The van der Waals surface area contributed by atoms with Crippen molar-refractivity contribution in [1.29, 1.82) is 0 Å². The highest BCUT2D eigenvalue weighted by Crippen LogP contribution is 2.32. The third kappa shape index (κ3) is 7.07. The average Bonchev–Trinajstić information content (AvgIpc) is 3.50. The van der Waals surface area contributed by atoms with Gasteiger partial charge in [0.1, 0.15) is 5.82 Å². The summed E-state index contributed by atoms with van der Waals surface area (Å²) in [5.41, 5.74) is 10.6. The largest absolute Gasteiger partial charge is 0.490 e. The fraction of sp³-hybridized carbons (Fsp3) is 0.222. The molecule has 46 heavy (non-hydrogen) atoms. The molecule has 0 saturated carbocycles. The van der Waals surface area contributed by atoms with Gasteiger partial charge in [-0.2, -0.15) is 13.2 Å². The van der Waals surface area contributed by atoms with Crippen molar-refractivity contribution in [3.8, 4) is 22.5 Å². The molecule has 0 spiro atoms. The number of imidazole rings is 1. The van der Waals surface area contributed by atoms with Crippen molar-refractivity contribution >= 4 is 28.0 Å². The number of aliphatic carboxylic acids is 1. The predicted octanol–water partition coefficient (Wildman–Crippen LogP) is 8.16. The zero-order valence-corrected chi connectivity index (χ0v) is 25.1. The molecule has 2 N–H and O–H groups in total. The Morgan fingerprint density at radius 2 is 1.41 bits per heavy atom. The Bertz CT molecular complexity index is 1930. The second-order valence-electron chi connectivity index (χ2n) is 11.5. The van der Waals surface area contributed by atoms with E-state index in [0.29, 0.717) is 5.92 Å². The van der Waals surface area contributed by atoms with Crippen LogP contribution >= 0.6 is 0 Å². The Kier molecular flexibility index (Phi) is 8.81. The van der Waals surface area contributed by atoms with Gasteiger partial charge < -0.3 is 10.1 Å². The Hall–Kier alpha value is -5.09. The van der Waals surface area contributed by atoms with E-state index in [1.165, 1.54) is 11.1 Å². The lowest BCUT2D eigenvalue weighted by molar-refractivity contribution is -0.192. The number of carboxylic acid groups (broad SMARTS) is 1. The maximum absolute atomic E-state index is 10.6. The lowest BCUT2D eigenvalue weighted by Crippen LogP contribution is -2.32. The first-order chi connectivity index (χ1) is 22.1. The number of hydrogen-bond acceptors (Lipinski definition) is 5. The number of alkyl halides is 3. The quantitative estimate of drug-likeness (QED) is 0.201. The number of likely N-dealkylation sites (tertiary alicyclic amines) is 1. The Morgan fingerprint density at radius 1 is 0.804 bits per heavy atom. The molecule has 7 rings (SSSR count). The number of rotatable bonds is 5. The van der Waals surface area contributed by atoms with E-state index in [2.05, 4.69) is 108 Å². The number of halogens is 3. The molecular formula is C36H32F3N5O2. The molecule has 1 aliphatic rings. The van der Waals surface area contributed by atoms with Gasteiger partial charge in [-0.1, -0.05) is 72.8 Å². The van der Waals surface area contributed by atoms with Gasteiger partial charge in [0.2, 0.25) is 0 Å². The van der Waals surface area contributed by atoms with Gasteiger partial charge >= 0.3 is 12.1 Å². The molecule has 2 aromatic heterocycles. The van der Waals surface area contributed by atoms with Gasteiger partial charge in [0.15, 0.2) is 0 Å². The first-order valence-corrected chi connectivity index (χ1v) is 15.0. The number of carboxylic acids is 1. The van der Waals surface area contributed by atoms with Gasteiger partial charge in [0.25, 0.3) is 0 Å². The summed E-state index contributed by atoms with van der Waals surface area (Å²) in [6.45, 7) is 5.22. The van der Waals surface area contributed by atoms with Crippen LogP contribution in [0.2, 0.25) is 0 Å². The monoisotopic (exact) mass is 623 g/mol. The topological polar surface area (TPSA) is 95.0 Å². The molecule has 6 aromatic rings. The standard InChI is InChI=1S/C34H31N5.C2HF3O2/c1-23-11-16-30-31(21-23)36-32(25-7-3-2-4-8-25)33(35-30)26-14-12-24(13-15-26)22-39-19-17-27(18-20-39)34-37-28-9-5-6-10-29(28)38-34;3-2(4,5)1(6)7/h2-16,21,27H,17-20,22H2,1H3,(H,37,38);(H,6,7). The first-order valence-electron chi connectivity index (χ1n) is 15.0. The summed E-state index contributed by atoms with van der Waals surface area (Å²) in [5.74, 6) is -1.11. The second kappa shape index (κ2) is 13.1. The number of piperidine rings is 1. The van der Waals surface area contributed by atoms with E-state index in [4.69, 9.17) is 24.9 Å². The molecular weight excluding hydrogens is 591 g/mol. The number of aromatic nitrogens is 4. The van der Waals surface area contributed by atoms with Crippen LogP contribution in [-0.2, 0) is 11.3 Å². The molecule has 0 unspecified atom stereocenters. The van der Waals surface area contributed by atoms with Crippen LogP contribution in [0.1, 0.15) is 35.7 Å². The van der Waals surface area contributed by atoms with Gasteiger partial charge in [-0.15, -0.1) is 0 Å². The molecule has 0 atom stereocenters. The van der Waals surface area contributed by atoms with E-state index in [-0.39, 0.29) is 0 Å². The Labute approximate surface area is 263 Å². The molecule has 1 fully saturated rings. The maximum Gasteiger partial charge on any atom is 0.490 e. The number of H-pyrrole nitrogens is 1. The van der Waals surface area contributed by atoms with E-state index in [0.717, 1.165) is 82.9 Å². The summed E-state index contributed by atoms with van der Waals surface area (Å²) >= 11 is 0. The number of nitrogens with one attached hydrogen (secondary N) is 1. The third-order valence-corrected chi connectivity index (χ3v) is 8.12. The SMILES string of the molecule is Cc1ccc2nc(-c3ccc(CN4CCC(c5nc6ccccc6[nH]5)CC4)cc3)c(-c3ccccc3)nc2c1.O=C(O)C(F)(F)F. The van der Waals surface area contributed by atoms with Gasteiger partial charge in [-0.25, -0.2) is 19.7 Å². The van der Waals surface area contributed by atoms with Crippen LogP contribution in [0, 0.1) is 6.92 Å². The highest BCUT2D eigenvalue weighted by molar-refractivity contribution is 5.86. The van der Waals surface area contributed by atoms with E-state index in [1.54, 1.807) is 0 Å². The zero-order chi connectivity index (χ0) is 32.3. The maximum atomic E-state index is 10.6. The van der Waals surface area contributed by atoms with Crippen molar-refractivity contribution in [2.45, 2.75) is 38.4 Å². The zero-order valence-electron chi connectivity index (χ0n) is 25.1. The van der Waals surface area contributed by atoms with Crippen molar-refractivity contribution in [3.05, 3.63) is 114 Å². The number of aromatic amines is 1. The molecule has 1 aliphatic heterocycles. The van der Waals surface area contributed by atoms with Crippen LogP contribution in [0.5, 0.6) is 0 Å². The van der Waals surface area contributed by atoms with Crippen molar-refractivity contribution in [2.24, 2.45) is 0 Å². The fourth-order valence-corrected chi connectivity index (χ4v) is 5.72. The Morgan fingerprint density at radius 3 is 2.07 bits per heavy atom. The fourth-order valence-electron chi connectivity index (χ4n) is 5.72. The number of benzene rings is 4. The van der Waals surface area contributed by atoms with Gasteiger partial charge in [0.05, 0.1) is 33.5 Å². The number of fused-ring (bicyclic) bond motifs is 2. The summed E-state index contributed by atoms with van der Waals surface area (Å²) in [5, 5.41) is 7.12. The van der Waals surface area contributed by atoms with Crippen LogP contribution in [0.4, 0.5) is 13.2 Å². The molecule has 10 heteroatoms. The minimum Gasteiger partial charge on any atom is -0.475 e. The molecule has 0 radical (unpaired) electrons. The van der Waals surface area contributed by atoms with Crippen LogP contribution in [0.25, 0.3) is 44.6 Å². The van der Waals surface area contributed by atoms with Crippen molar-refractivity contribution in [1.82, 2.24) is 24.8 Å². The molecule has 1 saturated heterocycles. The van der Waals surface area contributed by atoms with E-state index in [9.17, 15) is 13.2 Å². The van der Waals surface area contributed by atoms with Crippen LogP contribution in [-0.4, -0.2) is 55.2 Å². The number of nitrogens with zero attached hydrogens (tertiary/aromatic N) is 4. The van der Waals surface area contributed by atoms with Crippen LogP contribution < -0.4 is 0 Å². The van der Waals surface area contributed by atoms with Gasteiger partial charge in [-0.3, -0.25) is 4.90 Å². The van der Waals surface area contributed by atoms with Gasteiger partial charge in [-0.05, 0) is 68.2 Å². The number of aryl methyl sites for hydroxylation is 1. The summed E-state index contributed by atoms with van der Waals surface area (Å²) in [4.78, 5) is 30.0. The number of carbonyl (C=O) groups is 1. The number of hydrogen-bond donors (Lipinski definition) is 2. The molecule has 0 bridgehead atoms. The third-order valence-electron chi connectivity index (χ3n) is 8.12. The molecule has 4 aromatic carbocycles. The molecule has 3 heterocycles. The minimum atomic E-state index is -5.08. The highest BCUT2D eigenvalue weighted by Gasteiger charge is 2.38. The molecule has 7 nitrogen and oxygen atoms in total. The normalized spacial score (nSPS) is 14.3. The number of para-hydroxylation sites is 2. The Balaban J connectivity index is 0.000000480. The molecule has 234 valence electrons. The van der Waals surface area contributed by atoms with Crippen LogP contribution in [0.3, 0.4) is 0 Å². The molecule has 0 amide bonds. The van der Waals surface area contributed by atoms with Crippen LogP contribution in [0.15, 0.2) is 97.1 Å². The smallest absolute Gasteiger partial charge is 0.475 e. The first kappa shape index (κ1) is 30.9. The van der Waals surface area contributed by atoms with E-state index < -0.39 is 12.1 Å². The lowest BCUT2D eigenvalue weighted by atomic mass is 9.95.